The first-order valence-electron chi connectivity index (χ1n) is 7.02. The Bertz CT molecular complexity index is 873. The molecule has 23 heavy (non-hydrogen) atoms. The predicted molar refractivity (Wildman–Crippen MR) is 86.3 cm³/mol. The van der Waals surface area contributed by atoms with Crippen molar-refractivity contribution in [3.05, 3.63) is 38.9 Å². The number of H-pyrrole nitrogens is 2. The number of amides is 2. The molecule has 1 aromatic carbocycles. The number of hydrogen-bond donors (Lipinski definition) is 4. The number of rotatable bonds is 3. The molecule has 8 nitrogen and oxygen atoms in total. The maximum atomic E-state index is 12.0. The van der Waals surface area contributed by atoms with Crippen LogP contribution in [0.1, 0.15) is 20.8 Å². The van der Waals surface area contributed by atoms with Crippen molar-refractivity contribution in [2.75, 3.05) is 11.9 Å². The van der Waals surface area contributed by atoms with E-state index in [-0.39, 0.29) is 28.9 Å². The Morgan fingerprint density at radius 3 is 2.39 bits per heavy atom. The predicted octanol–water partition coefficient (Wildman–Crippen LogP) is 0.317. The van der Waals surface area contributed by atoms with Crippen LogP contribution in [0.15, 0.2) is 27.8 Å². The second-order valence-corrected chi connectivity index (χ2v) is 6.12. The Morgan fingerprint density at radius 2 is 1.74 bits per heavy atom. The van der Waals surface area contributed by atoms with Gasteiger partial charge in [-0.15, -0.1) is 0 Å². The minimum atomic E-state index is -0.607. The topological polar surface area (TPSA) is 124 Å². The zero-order chi connectivity index (χ0) is 17.2. The summed E-state index contributed by atoms with van der Waals surface area (Å²) in [5.74, 6) is -0.755. The van der Waals surface area contributed by atoms with Crippen molar-refractivity contribution in [2.24, 2.45) is 5.41 Å². The highest BCUT2D eigenvalue weighted by Gasteiger charge is 2.21. The van der Waals surface area contributed by atoms with E-state index in [0.717, 1.165) is 0 Å². The van der Waals surface area contributed by atoms with Crippen molar-refractivity contribution < 1.29 is 9.59 Å². The summed E-state index contributed by atoms with van der Waals surface area (Å²) >= 11 is 0. The van der Waals surface area contributed by atoms with Gasteiger partial charge in [-0.2, -0.15) is 0 Å². The lowest BCUT2D eigenvalue weighted by Gasteiger charge is -2.17. The van der Waals surface area contributed by atoms with Crippen LogP contribution in [0.5, 0.6) is 0 Å². The summed E-state index contributed by atoms with van der Waals surface area (Å²) in [6, 6.07) is 4.56. The fraction of sp³-hybridized carbons (Fsp3) is 0.333. The number of aromatic amines is 2. The number of fused-ring (bicyclic) bond motifs is 1. The molecule has 0 aliphatic rings. The molecule has 1 heterocycles. The van der Waals surface area contributed by atoms with E-state index >= 15 is 0 Å². The van der Waals surface area contributed by atoms with Crippen molar-refractivity contribution >= 4 is 28.3 Å². The third-order valence-corrected chi connectivity index (χ3v) is 3.19. The molecule has 0 unspecified atom stereocenters. The van der Waals surface area contributed by atoms with Crippen LogP contribution in [0.3, 0.4) is 0 Å². The summed E-state index contributed by atoms with van der Waals surface area (Å²) in [5, 5.41) is 9.74. The number of aromatic nitrogens is 2. The summed E-state index contributed by atoms with van der Waals surface area (Å²) in [6.45, 7) is 4.97. The van der Waals surface area contributed by atoms with Gasteiger partial charge in [0.2, 0.25) is 11.8 Å². The monoisotopic (exact) mass is 318 g/mol. The van der Waals surface area contributed by atoms with Gasteiger partial charge >= 0.3 is 0 Å². The van der Waals surface area contributed by atoms with Crippen molar-refractivity contribution in [3.63, 3.8) is 0 Å². The summed E-state index contributed by atoms with van der Waals surface area (Å²) < 4.78 is 0. The van der Waals surface area contributed by atoms with E-state index in [0.29, 0.717) is 0 Å². The van der Waals surface area contributed by atoms with Gasteiger partial charge in [0.25, 0.3) is 11.1 Å². The minimum absolute atomic E-state index is 0.0896. The molecule has 0 aliphatic carbocycles. The summed E-state index contributed by atoms with van der Waals surface area (Å²) in [7, 11) is 0. The van der Waals surface area contributed by atoms with Crippen LogP contribution in [0.25, 0.3) is 10.8 Å². The Morgan fingerprint density at radius 1 is 1.09 bits per heavy atom. The molecule has 2 rings (SSSR count). The van der Waals surface area contributed by atoms with Gasteiger partial charge in [-0.05, 0) is 12.1 Å². The van der Waals surface area contributed by atoms with Crippen molar-refractivity contribution in [1.29, 1.82) is 0 Å². The number of nitrogens with one attached hydrogen (secondary N) is 4. The number of carbonyl (C=O) groups is 2. The van der Waals surface area contributed by atoms with E-state index in [4.69, 9.17) is 0 Å². The van der Waals surface area contributed by atoms with Crippen LogP contribution in [0.2, 0.25) is 0 Å². The molecule has 1 aromatic heterocycles. The lowest BCUT2D eigenvalue weighted by Crippen LogP contribution is -2.39. The number of hydrogen-bond acceptors (Lipinski definition) is 4. The van der Waals surface area contributed by atoms with Crippen LogP contribution in [0, 0.1) is 5.41 Å². The highest BCUT2D eigenvalue weighted by molar-refractivity contribution is 6.02. The minimum Gasteiger partial charge on any atom is -0.347 e. The molecular weight excluding hydrogens is 300 g/mol. The van der Waals surface area contributed by atoms with E-state index in [2.05, 4.69) is 20.8 Å². The van der Waals surface area contributed by atoms with E-state index in [1.54, 1.807) is 26.8 Å². The highest BCUT2D eigenvalue weighted by Crippen LogP contribution is 2.16. The van der Waals surface area contributed by atoms with Crippen LogP contribution < -0.4 is 21.8 Å². The maximum absolute atomic E-state index is 12.0. The second kappa shape index (κ2) is 6.07. The Labute approximate surface area is 131 Å². The van der Waals surface area contributed by atoms with E-state index in [9.17, 15) is 19.2 Å². The van der Waals surface area contributed by atoms with Crippen LogP contribution in [-0.4, -0.2) is 28.6 Å². The Hall–Kier alpha value is -2.90. The standard InChI is InChI=1S/C15H18N4O4/c1-15(2,3)14(23)16-7-10(20)17-9-6-4-5-8-11(9)13(22)19-18-12(8)21/h4-6H,7H2,1-3H3,(H,16,23)(H,17,20)(H,18,21)(H,19,22). The third-order valence-electron chi connectivity index (χ3n) is 3.19. The molecule has 0 bridgehead atoms. The average Bonchev–Trinajstić information content (AvgIpc) is 2.47. The van der Waals surface area contributed by atoms with E-state index < -0.39 is 22.4 Å². The quantitative estimate of drug-likeness (QED) is 0.650. The molecule has 0 radical (unpaired) electrons. The van der Waals surface area contributed by atoms with Gasteiger partial charge in [0, 0.05) is 5.41 Å². The molecule has 0 spiro atoms. The molecule has 2 aromatic rings. The Kier molecular flexibility index (Phi) is 4.35. The first-order valence-corrected chi connectivity index (χ1v) is 7.02. The van der Waals surface area contributed by atoms with Gasteiger partial charge in [0.1, 0.15) is 0 Å². The van der Waals surface area contributed by atoms with Crippen LogP contribution in [-0.2, 0) is 9.59 Å². The van der Waals surface area contributed by atoms with Gasteiger partial charge in [0.05, 0.1) is 23.0 Å². The molecule has 0 saturated heterocycles. The van der Waals surface area contributed by atoms with Crippen molar-refractivity contribution in [1.82, 2.24) is 15.5 Å². The SMILES string of the molecule is CC(C)(C)C(=O)NCC(=O)Nc1cccc2c(=O)[nH][nH]c(=O)c12. The fourth-order valence-corrected chi connectivity index (χ4v) is 1.95. The molecule has 0 saturated carbocycles. The van der Waals surface area contributed by atoms with Gasteiger partial charge in [-0.25, -0.2) is 0 Å². The molecule has 0 atom stereocenters. The van der Waals surface area contributed by atoms with Gasteiger partial charge in [-0.3, -0.25) is 29.4 Å². The third kappa shape index (κ3) is 3.65. The largest absolute Gasteiger partial charge is 0.347 e. The highest BCUT2D eigenvalue weighted by atomic mass is 16.2. The van der Waals surface area contributed by atoms with Crippen molar-refractivity contribution in [3.8, 4) is 0 Å². The normalized spacial score (nSPS) is 11.3. The molecule has 0 fully saturated rings. The second-order valence-electron chi connectivity index (χ2n) is 6.12. The smallest absolute Gasteiger partial charge is 0.272 e. The first-order chi connectivity index (χ1) is 10.7. The molecular formula is C15H18N4O4. The summed E-state index contributed by atoms with van der Waals surface area (Å²) in [6.07, 6.45) is 0. The zero-order valence-electron chi connectivity index (χ0n) is 13.1. The number of anilines is 1. The summed E-state index contributed by atoms with van der Waals surface area (Å²) in [5.41, 5.74) is -1.37. The fourth-order valence-electron chi connectivity index (χ4n) is 1.95. The maximum Gasteiger partial charge on any atom is 0.272 e. The Balaban J connectivity index is 2.21. The number of benzene rings is 1. The van der Waals surface area contributed by atoms with E-state index in [1.165, 1.54) is 12.1 Å². The van der Waals surface area contributed by atoms with Crippen LogP contribution >= 0.6 is 0 Å². The van der Waals surface area contributed by atoms with Gasteiger partial charge in [0.15, 0.2) is 0 Å². The number of carbonyl (C=O) groups excluding carboxylic acids is 2. The summed E-state index contributed by atoms with van der Waals surface area (Å²) in [4.78, 5) is 47.3. The van der Waals surface area contributed by atoms with E-state index in [1.807, 2.05) is 0 Å². The van der Waals surface area contributed by atoms with Gasteiger partial charge in [-0.1, -0.05) is 26.8 Å². The lowest BCUT2D eigenvalue weighted by atomic mass is 9.96. The van der Waals surface area contributed by atoms with Gasteiger partial charge < -0.3 is 10.6 Å². The molecule has 0 aliphatic heterocycles. The van der Waals surface area contributed by atoms with Crippen molar-refractivity contribution in [2.45, 2.75) is 20.8 Å². The molecule has 8 heteroatoms. The average molecular weight is 318 g/mol. The molecule has 2 amide bonds. The molecule has 122 valence electrons. The lowest BCUT2D eigenvalue weighted by molar-refractivity contribution is -0.130. The van der Waals surface area contributed by atoms with Crippen LogP contribution in [0.4, 0.5) is 5.69 Å². The zero-order valence-corrected chi connectivity index (χ0v) is 13.1. The first kappa shape index (κ1) is 16.5. The molecule has 4 N–H and O–H groups in total.